The van der Waals surface area contributed by atoms with Gasteiger partial charge < -0.3 is 20.9 Å². The van der Waals surface area contributed by atoms with Crippen LogP contribution in [-0.2, 0) is 10.3 Å². The van der Waals surface area contributed by atoms with Gasteiger partial charge in [0.05, 0.1) is 36.8 Å². The summed E-state index contributed by atoms with van der Waals surface area (Å²) in [7, 11) is 2.89. The smallest absolute Gasteiger partial charge is 0.162 e. The molecule has 2 aromatic rings. The van der Waals surface area contributed by atoms with Crippen molar-refractivity contribution in [3.05, 3.63) is 65.5 Å². The average Bonchev–Trinajstić information content (AvgIpc) is 2.64. The Morgan fingerprint density at radius 3 is 2.46 bits per heavy atom. The Balaban J connectivity index is 2.04. The predicted molar refractivity (Wildman–Crippen MR) is 91.8 cm³/mol. The van der Waals surface area contributed by atoms with Gasteiger partial charge in [0.1, 0.15) is 17.8 Å². The van der Waals surface area contributed by atoms with Gasteiger partial charge in [-0.05, 0) is 18.2 Å². The van der Waals surface area contributed by atoms with Crippen molar-refractivity contribution in [2.24, 2.45) is 11.5 Å². The number of allylic oxidation sites excluding steroid dienone is 1. The zero-order chi connectivity index (χ0) is 18.9. The number of ether oxygens (including phenoxy) is 2. The molecule has 0 amide bonds. The lowest BCUT2D eigenvalue weighted by Gasteiger charge is -2.29. The first kappa shape index (κ1) is 17.8. The number of aromatic nitrogens is 2. The van der Waals surface area contributed by atoms with Gasteiger partial charge in [0.2, 0.25) is 0 Å². The second kappa shape index (κ2) is 6.72. The molecule has 0 radical (unpaired) electrons. The van der Waals surface area contributed by atoms with Gasteiger partial charge in [-0.1, -0.05) is 6.08 Å². The van der Waals surface area contributed by atoms with Crippen LogP contribution in [0.1, 0.15) is 12.1 Å². The van der Waals surface area contributed by atoms with Crippen LogP contribution in [0.25, 0.3) is 11.3 Å². The van der Waals surface area contributed by atoms with Gasteiger partial charge in [0.25, 0.3) is 0 Å². The maximum absolute atomic E-state index is 13.7. The van der Waals surface area contributed by atoms with Crippen LogP contribution in [0.3, 0.4) is 0 Å². The highest BCUT2D eigenvalue weighted by Crippen LogP contribution is 2.35. The molecule has 4 N–H and O–H groups in total. The number of hydrogen-bond donors (Lipinski definition) is 2. The maximum atomic E-state index is 13.7. The van der Waals surface area contributed by atoms with E-state index < -0.39 is 17.2 Å². The van der Waals surface area contributed by atoms with Gasteiger partial charge in [0.15, 0.2) is 11.6 Å². The summed E-state index contributed by atoms with van der Waals surface area (Å²) in [6, 6.07) is 3.60. The fourth-order valence-electron chi connectivity index (χ4n) is 2.82. The van der Waals surface area contributed by atoms with Crippen LogP contribution in [0.15, 0.2) is 48.1 Å². The van der Waals surface area contributed by atoms with Crippen molar-refractivity contribution in [1.82, 2.24) is 9.97 Å². The maximum Gasteiger partial charge on any atom is 0.162 e. The Morgan fingerprint density at radius 2 is 1.81 bits per heavy atom. The Labute approximate surface area is 149 Å². The molecule has 0 saturated heterocycles. The van der Waals surface area contributed by atoms with E-state index in [0.717, 1.165) is 12.1 Å². The molecule has 6 nitrogen and oxygen atoms in total. The zero-order valence-corrected chi connectivity index (χ0v) is 14.3. The van der Waals surface area contributed by atoms with Crippen molar-refractivity contribution in [2.75, 3.05) is 14.2 Å². The first-order chi connectivity index (χ1) is 12.4. The third-order valence-corrected chi connectivity index (χ3v) is 4.21. The largest absolute Gasteiger partial charge is 0.496 e. The fourth-order valence-corrected chi connectivity index (χ4v) is 2.82. The highest BCUT2D eigenvalue weighted by molar-refractivity contribution is 5.67. The van der Waals surface area contributed by atoms with Crippen molar-refractivity contribution in [3.8, 4) is 17.0 Å². The molecular formula is C18H18F2N4O2. The normalized spacial score (nSPS) is 19.6. The van der Waals surface area contributed by atoms with Crippen molar-refractivity contribution in [3.63, 3.8) is 0 Å². The van der Waals surface area contributed by atoms with Crippen LogP contribution in [0.4, 0.5) is 8.78 Å². The van der Waals surface area contributed by atoms with Gasteiger partial charge >= 0.3 is 0 Å². The summed E-state index contributed by atoms with van der Waals surface area (Å²) in [5.41, 5.74) is 13.1. The third-order valence-electron chi connectivity index (χ3n) is 4.21. The minimum atomic E-state index is -1.00. The zero-order valence-electron chi connectivity index (χ0n) is 14.3. The Kier molecular flexibility index (Phi) is 4.60. The average molecular weight is 360 g/mol. The van der Waals surface area contributed by atoms with Gasteiger partial charge in [0, 0.05) is 18.1 Å². The van der Waals surface area contributed by atoms with Crippen LogP contribution in [-0.4, -0.2) is 24.2 Å². The van der Waals surface area contributed by atoms with E-state index in [1.807, 2.05) is 0 Å². The van der Waals surface area contributed by atoms with Crippen LogP contribution in [0, 0.1) is 11.6 Å². The van der Waals surface area contributed by atoms with E-state index in [1.54, 1.807) is 18.2 Å². The summed E-state index contributed by atoms with van der Waals surface area (Å²) in [6.07, 6.45) is 5.01. The molecule has 0 saturated carbocycles. The summed E-state index contributed by atoms with van der Waals surface area (Å²) in [5, 5.41) is 0. The lowest BCUT2D eigenvalue weighted by Crippen LogP contribution is -2.39. The second-order valence-corrected chi connectivity index (χ2v) is 5.90. The molecule has 0 fully saturated rings. The van der Waals surface area contributed by atoms with Crippen molar-refractivity contribution in [2.45, 2.75) is 12.0 Å². The highest BCUT2D eigenvalue weighted by Gasteiger charge is 2.31. The van der Waals surface area contributed by atoms with E-state index in [4.69, 9.17) is 20.9 Å². The highest BCUT2D eigenvalue weighted by atomic mass is 19.2. The molecule has 8 heteroatoms. The lowest BCUT2D eigenvalue weighted by molar-refractivity contribution is 0.292. The molecule has 1 atom stereocenters. The number of benzene rings is 1. The van der Waals surface area contributed by atoms with Crippen molar-refractivity contribution in [1.29, 1.82) is 0 Å². The van der Waals surface area contributed by atoms with Crippen LogP contribution >= 0.6 is 0 Å². The Hall–Kier alpha value is -3.00. The van der Waals surface area contributed by atoms with Crippen molar-refractivity contribution < 1.29 is 18.3 Å². The van der Waals surface area contributed by atoms with E-state index in [2.05, 4.69) is 9.97 Å². The van der Waals surface area contributed by atoms with Crippen LogP contribution in [0.5, 0.6) is 5.75 Å². The number of methoxy groups -OCH3 is 2. The predicted octanol–water partition coefficient (Wildman–Crippen LogP) is 2.36. The molecule has 0 spiro atoms. The molecule has 1 heterocycles. The first-order valence-electron chi connectivity index (χ1n) is 7.74. The molecule has 1 aliphatic carbocycles. The summed E-state index contributed by atoms with van der Waals surface area (Å²) < 4.78 is 37.5. The summed E-state index contributed by atoms with van der Waals surface area (Å²) in [4.78, 5) is 8.36. The monoisotopic (exact) mass is 360 g/mol. The topological polar surface area (TPSA) is 96.3 Å². The molecule has 1 unspecified atom stereocenters. The van der Waals surface area contributed by atoms with E-state index in [1.165, 1.54) is 20.5 Å². The SMILES string of the molecule is COC1=C(N)CC(N)(c2cc(-c3cc(F)c(F)cc3OC)ncn2)C=C1. The van der Waals surface area contributed by atoms with E-state index in [0.29, 0.717) is 28.4 Å². The number of hydrogen-bond acceptors (Lipinski definition) is 6. The number of rotatable bonds is 4. The summed E-state index contributed by atoms with van der Waals surface area (Å²) >= 11 is 0. The van der Waals surface area contributed by atoms with Crippen LogP contribution < -0.4 is 16.2 Å². The lowest BCUT2D eigenvalue weighted by atomic mass is 9.86. The standard InChI is InChI=1S/C18H18F2N4O2/c1-25-15-3-4-18(22,8-13(15)21)17-7-14(23-9-24-17)10-5-11(19)12(20)6-16(10)26-2/h3-7,9H,8,21-22H2,1-2H3. The summed E-state index contributed by atoms with van der Waals surface area (Å²) in [6.45, 7) is 0. The molecular weight excluding hydrogens is 342 g/mol. The fraction of sp³-hybridized carbons (Fsp3) is 0.222. The quantitative estimate of drug-likeness (QED) is 0.869. The second-order valence-electron chi connectivity index (χ2n) is 5.90. The van der Waals surface area contributed by atoms with Gasteiger partial charge in [-0.3, -0.25) is 0 Å². The van der Waals surface area contributed by atoms with Gasteiger partial charge in [-0.2, -0.15) is 0 Å². The van der Waals surface area contributed by atoms with Gasteiger partial charge in [-0.25, -0.2) is 18.7 Å². The van der Waals surface area contributed by atoms with E-state index in [-0.39, 0.29) is 12.2 Å². The summed E-state index contributed by atoms with van der Waals surface area (Å²) in [5.74, 6) is -1.31. The first-order valence-corrected chi connectivity index (χ1v) is 7.74. The Morgan fingerprint density at radius 1 is 1.08 bits per heavy atom. The number of nitrogens with zero attached hydrogens (tertiary/aromatic N) is 2. The Bertz CT molecular complexity index is 914. The third kappa shape index (κ3) is 3.11. The minimum absolute atomic E-state index is 0.153. The molecule has 3 rings (SSSR count). The molecule has 0 aliphatic heterocycles. The van der Waals surface area contributed by atoms with Gasteiger partial charge in [-0.15, -0.1) is 0 Å². The van der Waals surface area contributed by atoms with Crippen LogP contribution in [0.2, 0.25) is 0 Å². The van der Waals surface area contributed by atoms with Crippen molar-refractivity contribution >= 4 is 0 Å². The molecule has 1 aromatic carbocycles. The minimum Gasteiger partial charge on any atom is -0.496 e. The number of nitrogens with two attached hydrogens (primary N) is 2. The number of halogens is 2. The molecule has 1 aromatic heterocycles. The van der Waals surface area contributed by atoms with E-state index in [9.17, 15) is 8.78 Å². The molecule has 1 aliphatic rings. The molecule has 26 heavy (non-hydrogen) atoms. The van der Waals surface area contributed by atoms with E-state index >= 15 is 0 Å². The molecule has 136 valence electrons. The molecule has 0 bridgehead atoms.